The second-order valence-electron chi connectivity index (χ2n) is 5.43. The van der Waals surface area contributed by atoms with Crippen molar-refractivity contribution >= 4 is 11.7 Å². The Kier molecular flexibility index (Phi) is 5.13. The van der Waals surface area contributed by atoms with Crippen molar-refractivity contribution in [3.8, 4) is 11.5 Å². The van der Waals surface area contributed by atoms with Crippen LogP contribution < -0.4 is 14.8 Å². The molecule has 0 spiro atoms. The van der Waals surface area contributed by atoms with Crippen molar-refractivity contribution in [3.05, 3.63) is 23.8 Å². The molecule has 0 unspecified atom stereocenters. The first-order valence-electron chi connectivity index (χ1n) is 6.33. The van der Waals surface area contributed by atoms with Crippen molar-refractivity contribution < 1.29 is 19.1 Å². The lowest BCUT2D eigenvalue weighted by Gasteiger charge is -2.17. The van der Waals surface area contributed by atoms with E-state index in [0.717, 1.165) is 0 Å². The third-order valence-corrected chi connectivity index (χ3v) is 2.89. The van der Waals surface area contributed by atoms with E-state index in [1.807, 2.05) is 20.8 Å². The molecule has 1 amide bonds. The lowest BCUT2D eigenvalue weighted by atomic mass is 9.91. The number of ether oxygens (including phenoxy) is 2. The number of hydrogen-bond donors (Lipinski definition) is 1. The molecule has 0 fully saturated rings. The fourth-order valence-electron chi connectivity index (χ4n) is 1.51. The number of benzene rings is 1. The Labute approximate surface area is 119 Å². The van der Waals surface area contributed by atoms with Crippen LogP contribution in [0.2, 0.25) is 0 Å². The maximum atomic E-state index is 12.0. The molecule has 0 heterocycles. The van der Waals surface area contributed by atoms with E-state index in [9.17, 15) is 9.59 Å². The molecule has 1 aromatic carbocycles. The first kappa shape index (κ1) is 16.0. The molecule has 0 saturated heterocycles. The summed E-state index contributed by atoms with van der Waals surface area (Å²) in [5, 5.41) is 2.61. The van der Waals surface area contributed by atoms with Gasteiger partial charge in [0, 0.05) is 11.0 Å². The van der Waals surface area contributed by atoms with Crippen LogP contribution in [-0.2, 0) is 4.79 Å². The van der Waals surface area contributed by atoms with Crippen molar-refractivity contribution in [1.29, 1.82) is 0 Å². The van der Waals surface area contributed by atoms with Gasteiger partial charge >= 0.3 is 0 Å². The van der Waals surface area contributed by atoms with Gasteiger partial charge in [-0.15, -0.1) is 0 Å². The number of ketones is 1. The zero-order valence-corrected chi connectivity index (χ0v) is 12.6. The minimum atomic E-state index is -0.467. The highest BCUT2D eigenvalue weighted by atomic mass is 16.5. The van der Waals surface area contributed by atoms with Crippen LogP contribution >= 0.6 is 0 Å². The van der Waals surface area contributed by atoms with Crippen molar-refractivity contribution in [3.63, 3.8) is 0 Å². The minimum Gasteiger partial charge on any atom is -0.493 e. The molecule has 5 nitrogen and oxygen atoms in total. The highest BCUT2D eigenvalue weighted by Crippen LogP contribution is 2.27. The summed E-state index contributed by atoms with van der Waals surface area (Å²) in [5.41, 5.74) is -0.0467. The maximum Gasteiger partial charge on any atom is 0.251 e. The average Bonchev–Trinajstić information content (AvgIpc) is 2.42. The summed E-state index contributed by atoms with van der Waals surface area (Å²) in [6.07, 6.45) is 0. The fraction of sp³-hybridized carbons (Fsp3) is 0.467. The summed E-state index contributed by atoms with van der Waals surface area (Å²) in [6.45, 7) is 5.46. The molecule has 1 N–H and O–H groups in total. The number of methoxy groups -OCH3 is 2. The molecular formula is C15H21NO4. The molecular weight excluding hydrogens is 258 g/mol. The first-order valence-corrected chi connectivity index (χ1v) is 6.33. The van der Waals surface area contributed by atoms with E-state index < -0.39 is 5.41 Å². The monoisotopic (exact) mass is 279 g/mol. The molecule has 0 saturated carbocycles. The second-order valence-corrected chi connectivity index (χ2v) is 5.43. The number of carbonyl (C=O) groups excluding carboxylic acids is 2. The molecule has 0 aliphatic heterocycles. The Morgan fingerprint density at radius 3 is 2.20 bits per heavy atom. The minimum absolute atomic E-state index is 0.0106. The van der Waals surface area contributed by atoms with E-state index in [2.05, 4.69) is 5.32 Å². The van der Waals surface area contributed by atoms with Gasteiger partial charge < -0.3 is 14.8 Å². The van der Waals surface area contributed by atoms with Crippen molar-refractivity contribution in [2.45, 2.75) is 20.8 Å². The molecule has 1 rings (SSSR count). The standard InChI is InChI=1S/C15H21NO4/c1-15(2,3)13(17)9-16-14(18)10-6-7-11(19-4)12(8-10)20-5/h6-8H,9H2,1-5H3,(H,16,18). The Bertz CT molecular complexity index is 503. The normalized spacial score (nSPS) is 10.8. The Hall–Kier alpha value is -2.04. The van der Waals surface area contributed by atoms with E-state index >= 15 is 0 Å². The molecule has 0 bridgehead atoms. The molecule has 0 radical (unpaired) electrons. The summed E-state index contributed by atoms with van der Waals surface area (Å²) in [5.74, 6) is 0.687. The van der Waals surface area contributed by atoms with Crippen LogP contribution in [0.4, 0.5) is 0 Å². The van der Waals surface area contributed by atoms with Gasteiger partial charge in [0.2, 0.25) is 0 Å². The number of Topliss-reactive ketones (excluding diaryl/α,β-unsaturated/α-hetero) is 1. The van der Waals surface area contributed by atoms with E-state index in [1.54, 1.807) is 18.2 Å². The van der Waals surface area contributed by atoms with Crippen LogP contribution in [0.1, 0.15) is 31.1 Å². The number of carbonyl (C=O) groups is 2. The molecule has 0 aromatic heterocycles. The third-order valence-electron chi connectivity index (χ3n) is 2.89. The highest BCUT2D eigenvalue weighted by Gasteiger charge is 2.21. The van der Waals surface area contributed by atoms with Gasteiger partial charge in [-0.2, -0.15) is 0 Å². The highest BCUT2D eigenvalue weighted by molar-refractivity contribution is 5.98. The molecule has 0 aliphatic carbocycles. The van der Waals surface area contributed by atoms with Crippen LogP contribution in [0, 0.1) is 5.41 Å². The summed E-state index contributed by atoms with van der Waals surface area (Å²) in [6, 6.07) is 4.85. The van der Waals surface area contributed by atoms with E-state index in [-0.39, 0.29) is 18.2 Å². The van der Waals surface area contributed by atoms with Gasteiger partial charge in [0.15, 0.2) is 17.3 Å². The SMILES string of the molecule is COc1ccc(C(=O)NCC(=O)C(C)(C)C)cc1OC. The summed E-state index contributed by atoms with van der Waals surface area (Å²) in [4.78, 5) is 23.7. The molecule has 1 aromatic rings. The van der Waals surface area contributed by atoms with Gasteiger partial charge in [0.1, 0.15) is 0 Å². The van der Waals surface area contributed by atoms with Crippen molar-refractivity contribution in [2.24, 2.45) is 5.41 Å². The third kappa shape index (κ3) is 3.98. The van der Waals surface area contributed by atoms with Crippen molar-refractivity contribution in [2.75, 3.05) is 20.8 Å². The van der Waals surface area contributed by atoms with Gasteiger partial charge in [0.05, 0.1) is 20.8 Å². The molecule has 0 atom stereocenters. The number of hydrogen-bond acceptors (Lipinski definition) is 4. The predicted octanol–water partition coefficient (Wildman–Crippen LogP) is 2.05. The van der Waals surface area contributed by atoms with E-state index in [0.29, 0.717) is 17.1 Å². The molecule has 5 heteroatoms. The Morgan fingerprint density at radius 2 is 1.70 bits per heavy atom. The van der Waals surface area contributed by atoms with Crippen LogP contribution in [0.25, 0.3) is 0 Å². The van der Waals surface area contributed by atoms with Gasteiger partial charge in [0.25, 0.3) is 5.91 Å². The van der Waals surface area contributed by atoms with Gasteiger partial charge in [-0.25, -0.2) is 0 Å². The van der Waals surface area contributed by atoms with Crippen LogP contribution in [0.3, 0.4) is 0 Å². The predicted molar refractivity (Wildman–Crippen MR) is 76.3 cm³/mol. The zero-order valence-electron chi connectivity index (χ0n) is 12.6. The molecule has 20 heavy (non-hydrogen) atoms. The second kappa shape index (κ2) is 6.41. The largest absolute Gasteiger partial charge is 0.493 e. The summed E-state index contributed by atoms with van der Waals surface area (Å²) >= 11 is 0. The maximum absolute atomic E-state index is 12.0. The smallest absolute Gasteiger partial charge is 0.251 e. The van der Waals surface area contributed by atoms with Crippen LogP contribution in [0.5, 0.6) is 11.5 Å². The first-order chi connectivity index (χ1) is 9.29. The number of nitrogens with one attached hydrogen (secondary N) is 1. The van der Waals surface area contributed by atoms with Crippen LogP contribution in [-0.4, -0.2) is 32.5 Å². The lowest BCUT2D eigenvalue weighted by Crippen LogP contribution is -2.35. The van der Waals surface area contributed by atoms with Gasteiger partial charge in [-0.05, 0) is 18.2 Å². The number of amides is 1. The summed E-state index contributed by atoms with van der Waals surface area (Å²) in [7, 11) is 3.03. The lowest BCUT2D eigenvalue weighted by molar-refractivity contribution is -0.125. The quantitative estimate of drug-likeness (QED) is 0.896. The topological polar surface area (TPSA) is 64.6 Å². The average molecular weight is 279 g/mol. The molecule has 0 aliphatic rings. The van der Waals surface area contributed by atoms with Crippen molar-refractivity contribution in [1.82, 2.24) is 5.32 Å². The fourth-order valence-corrected chi connectivity index (χ4v) is 1.51. The summed E-state index contributed by atoms with van der Waals surface area (Å²) < 4.78 is 10.2. The van der Waals surface area contributed by atoms with E-state index in [1.165, 1.54) is 14.2 Å². The van der Waals surface area contributed by atoms with E-state index in [4.69, 9.17) is 9.47 Å². The molecule has 110 valence electrons. The Morgan fingerprint density at radius 1 is 1.10 bits per heavy atom. The Balaban J connectivity index is 2.76. The van der Waals surface area contributed by atoms with Crippen LogP contribution in [0.15, 0.2) is 18.2 Å². The number of rotatable bonds is 5. The zero-order chi connectivity index (χ0) is 15.3. The van der Waals surface area contributed by atoms with Gasteiger partial charge in [-0.3, -0.25) is 9.59 Å². The van der Waals surface area contributed by atoms with Gasteiger partial charge in [-0.1, -0.05) is 20.8 Å².